The predicted molar refractivity (Wildman–Crippen MR) is 95.8 cm³/mol. The molecule has 0 amide bonds. The van der Waals surface area contributed by atoms with Crippen LogP contribution >= 0.6 is 11.6 Å². The van der Waals surface area contributed by atoms with Crippen LogP contribution in [-0.4, -0.2) is 41.2 Å². The van der Waals surface area contributed by atoms with Crippen LogP contribution in [0.3, 0.4) is 0 Å². The van der Waals surface area contributed by atoms with Crippen LogP contribution in [0.2, 0.25) is 0 Å². The summed E-state index contributed by atoms with van der Waals surface area (Å²) >= 11 is 5.43. The van der Waals surface area contributed by atoms with Crippen LogP contribution < -0.4 is 0 Å². The van der Waals surface area contributed by atoms with Crippen LogP contribution in [0.4, 0.5) is 0 Å². The van der Waals surface area contributed by atoms with E-state index in [1.54, 1.807) is 0 Å². The minimum absolute atomic E-state index is 0.166. The number of alkyl halides is 1. The van der Waals surface area contributed by atoms with Crippen molar-refractivity contribution in [1.82, 2.24) is 0 Å². The van der Waals surface area contributed by atoms with E-state index in [2.05, 4.69) is 0 Å². The average molecular weight is 367 g/mol. The summed E-state index contributed by atoms with van der Waals surface area (Å²) in [6, 6.07) is 0. The second kappa shape index (κ2) is 13.9. The number of carbonyl (C=O) groups excluding carboxylic acids is 1. The third kappa shape index (κ3) is 13.0. The first-order valence-electron chi connectivity index (χ1n) is 9.07. The first-order valence-corrected chi connectivity index (χ1v) is 9.50. The molecule has 0 aromatic heterocycles. The molecule has 0 aromatic carbocycles. The number of hydrogen-bond acceptors (Lipinski definition) is 5. The Bertz CT molecular complexity index is 321. The number of ether oxygens (including phenoxy) is 2. The first-order chi connectivity index (χ1) is 11.3. The lowest BCUT2D eigenvalue weighted by molar-refractivity contribution is -0.166. The SMILES string of the molecule is CCC(C)(C)C(O)OCCCCCC(=O)OCCCCCC(O)Cl. The van der Waals surface area contributed by atoms with E-state index in [0.717, 1.165) is 44.9 Å². The summed E-state index contributed by atoms with van der Waals surface area (Å²) in [4.78, 5) is 11.5. The van der Waals surface area contributed by atoms with Crippen molar-refractivity contribution in [2.24, 2.45) is 5.41 Å². The normalized spacial score (nSPS) is 14.4. The fraction of sp³-hybridized carbons (Fsp3) is 0.944. The summed E-state index contributed by atoms with van der Waals surface area (Å²) in [5.74, 6) is -0.166. The number of rotatable bonds is 15. The zero-order valence-corrected chi connectivity index (χ0v) is 16.2. The maximum absolute atomic E-state index is 11.5. The molecule has 6 heteroatoms. The van der Waals surface area contributed by atoms with Gasteiger partial charge in [0.1, 0.15) is 5.56 Å². The van der Waals surface area contributed by atoms with Crippen molar-refractivity contribution in [3.63, 3.8) is 0 Å². The molecule has 0 saturated carbocycles. The summed E-state index contributed by atoms with van der Waals surface area (Å²) in [6.07, 6.45) is 6.10. The lowest BCUT2D eigenvalue weighted by Crippen LogP contribution is -2.31. The van der Waals surface area contributed by atoms with Gasteiger partial charge in [0.2, 0.25) is 0 Å². The maximum Gasteiger partial charge on any atom is 0.305 e. The van der Waals surface area contributed by atoms with E-state index in [-0.39, 0.29) is 11.4 Å². The van der Waals surface area contributed by atoms with Gasteiger partial charge in [-0.25, -0.2) is 0 Å². The van der Waals surface area contributed by atoms with Crippen LogP contribution in [-0.2, 0) is 14.3 Å². The van der Waals surface area contributed by atoms with Gasteiger partial charge < -0.3 is 19.7 Å². The number of aliphatic hydroxyl groups excluding tert-OH is 2. The van der Waals surface area contributed by atoms with Gasteiger partial charge in [-0.3, -0.25) is 4.79 Å². The maximum atomic E-state index is 11.5. The number of halogens is 1. The van der Waals surface area contributed by atoms with Crippen molar-refractivity contribution >= 4 is 17.6 Å². The fourth-order valence-corrected chi connectivity index (χ4v) is 2.15. The van der Waals surface area contributed by atoms with Crippen LogP contribution in [0.5, 0.6) is 0 Å². The monoisotopic (exact) mass is 366 g/mol. The van der Waals surface area contributed by atoms with Crippen LogP contribution in [0, 0.1) is 5.41 Å². The lowest BCUT2D eigenvalue weighted by atomic mass is 9.89. The van der Waals surface area contributed by atoms with Gasteiger partial charge in [0.25, 0.3) is 0 Å². The van der Waals surface area contributed by atoms with Crippen molar-refractivity contribution in [1.29, 1.82) is 0 Å². The van der Waals surface area contributed by atoms with Gasteiger partial charge in [-0.15, -0.1) is 0 Å². The molecule has 0 fully saturated rings. The van der Waals surface area contributed by atoms with E-state index in [0.29, 0.717) is 26.1 Å². The molecule has 0 aliphatic heterocycles. The Kier molecular flexibility index (Phi) is 13.7. The highest BCUT2D eigenvalue weighted by Crippen LogP contribution is 2.25. The number of hydrogen-bond donors (Lipinski definition) is 2. The van der Waals surface area contributed by atoms with Crippen molar-refractivity contribution < 1.29 is 24.5 Å². The molecule has 144 valence electrons. The Labute approximate surface area is 151 Å². The molecule has 0 aliphatic rings. The molecule has 24 heavy (non-hydrogen) atoms. The molecular weight excluding hydrogens is 332 g/mol. The standard InChI is InChI=1S/C18H35ClO5/c1-4-18(2,3)17(22)24-14-10-6-8-12-16(21)23-13-9-5-7-11-15(19)20/h15,17,20,22H,4-14H2,1-3H3. The highest BCUT2D eigenvalue weighted by Gasteiger charge is 2.26. The van der Waals surface area contributed by atoms with Crippen molar-refractivity contribution in [2.45, 2.75) is 90.4 Å². The lowest BCUT2D eigenvalue weighted by Gasteiger charge is -2.28. The van der Waals surface area contributed by atoms with E-state index in [1.807, 2.05) is 20.8 Å². The van der Waals surface area contributed by atoms with Crippen LogP contribution in [0.1, 0.15) is 78.6 Å². The van der Waals surface area contributed by atoms with Crippen molar-refractivity contribution in [3.8, 4) is 0 Å². The smallest absolute Gasteiger partial charge is 0.305 e. The molecule has 0 rings (SSSR count). The molecule has 0 spiro atoms. The predicted octanol–water partition coefficient (Wildman–Crippen LogP) is 3.98. The zero-order valence-electron chi connectivity index (χ0n) is 15.4. The molecule has 2 atom stereocenters. The third-order valence-corrected chi connectivity index (χ3v) is 4.45. The molecule has 5 nitrogen and oxygen atoms in total. The quantitative estimate of drug-likeness (QED) is 0.198. The fourth-order valence-electron chi connectivity index (χ4n) is 1.99. The molecule has 0 heterocycles. The highest BCUT2D eigenvalue weighted by atomic mass is 35.5. The Hall–Kier alpha value is -0.360. The van der Waals surface area contributed by atoms with Crippen molar-refractivity contribution in [2.75, 3.05) is 13.2 Å². The molecule has 2 unspecified atom stereocenters. The summed E-state index contributed by atoms with van der Waals surface area (Å²) in [5, 5.41) is 18.8. The molecular formula is C18H35ClO5. The number of esters is 1. The van der Waals surface area contributed by atoms with E-state index in [1.165, 1.54) is 0 Å². The third-order valence-electron chi connectivity index (χ3n) is 4.23. The Morgan fingerprint density at radius 1 is 1.04 bits per heavy atom. The van der Waals surface area contributed by atoms with E-state index >= 15 is 0 Å². The largest absolute Gasteiger partial charge is 0.466 e. The first kappa shape index (κ1) is 23.6. The number of unbranched alkanes of at least 4 members (excludes halogenated alkanes) is 4. The molecule has 0 radical (unpaired) electrons. The van der Waals surface area contributed by atoms with Crippen LogP contribution in [0.15, 0.2) is 0 Å². The molecule has 0 aromatic rings. The van der Waals surface area contributed by atoms with E-state index in [4.69, 9.17) is 26.2 Å². The van der Waals surface area contributed by atoms with Gasteiger partial charge in [0.05, 0.1) is 6.61 Å². The van der Waals surface area contributed by atoms with Gasteiger partial charge >= 0.3 is 5.97 Å². The Morgan fingerprint density at radius 2 is 1.67 bits per heavy atom. The van der Waals surface area contributed by atoms with E-state index in [9.17, 15) is 9.90 Å². The Balaban J connectivity index is 3.43. The minimum atomic E-state index is -0.773. The summed E-state index contributed by atoms with van der Waals surface area (Å²) in [6.45, 7) is 6.92. The van der Waals surface area contributed by atoms with E-state index < -0.39 is 11.9 Å². The van der Waals surface area contributed by atoms with Crippen molar-refractivity contribution in [3.05, 3.63) is 0 Å². The van der Waals surface area contributed by atoms with Gasteiger partial charge in [-0.1, -0.05) is 38.8 Å². The van der Waals surface area contributed by atoms with Gasteiger partial charge in [0.15, 0.2) is 6.29 Å². The molecule has 0 bridgehead atoms. The second-order valence-electron chi connectivity index (χ2n) is 6.88. The highest BCUT2D eigenvalue weighted by molar-refractivity contribution is 6.19. The molecule has 0 saturated heterocycles. The Morgan fingerprint density at radius 3 is 2.29 bits per heavy atom. The minimum Gasteiger partial charge on any atom is -0.466 e. The van der Waals surface area contributed by atoms with Gasteiger partial charge in [0, 0.05) is 18.4 Å². The van der Waals surface area contributed by atoms with Gasteiger partial charge in [-0.05, 0) is 44.9 Å². The summed E-state index contributed by atoms with van der Waals surface area (Å²) < 4.78 is 10.6. The second-order valence-corrected chi connectivity index (χ2v) is 7.38. The average Bonchev–Trinajstić information content (AvgIpc) is 2.53. The molecule has 0 aliphatic carbocycles. The molecule has 2 N–H and O–H groups in total. The number of aliphatic hydroxyl groups is 2. The number of carbonyl (C=O) groups is 1. The summed E-state index contributed by atoms with van der Waals surface area (Å²) in [7, 11) is 0. The zero-order chi connectivity index (χ0) is 18.4. The van der Waals surface area contributed by atoms with Crippen LogP contribution in [0.25, 0.3) is 0 Å². The topological polar surface area (TPSA) is 76.0 Å². The van der Waals surface area contributed by atoms with Gasteiger partial charge in [-0.2, -0.15) is 0 Å². The summed E-state index contributed by atoms with van der Waals surface area (Å²) in [5.41, 5.74) is -1.00.